The molecule has 1 amide bonds. The van der Waals surface area contributed by atoms with E-state index in [9.17, 15) is 4.79 Å². The average Bonchev–Trinajstić information content (AvgIpc) is 2.49. The van der Waals surface area contributed by atoms with Crippen molar-refractivity contribution in [2.45, 2.75) is 45.1 Å². The highest BCUT2D eigenvalue weighted by Crippen LogP contribution is 2.26. The van der Waals surface area contributed by atoms with Crippen molar-refractivity contribution in [2.24, 2.45) is 0 Å². The number of rotatable bonds is 0. The molecule has 1 saturated heterocycles. The van der Waals surface area contributed by atoms with Gasteiger partial charge < -0.3 is 4.90 Å². The normalized spacial score (nSPS) is 33.3. The molecular formula is C11H17NO. The van der Waals surface area contributed by atoms with Crippen LogP contribution in [-0.2, 0) is 4.79 Å². The Bertz CT molecular complexity index is 244. The fraction of sp³-hybridized carbons (Fsp3) is 0.727. The zero-order valence-electron chi connectivity index (χ0n) is 8.25. The molecule has 0 aromatic heterocycles. The van der Waals surface area contributed by atoms with E-state index >= 15 is 0 Å². The lowest BCUT2D eigenvalue weighted by atomic mass is 10.0. The molecule has 13 heavy (non-hydrogen) atoms. The third-order valence-corrected chi connectivity index (χ3v) is 3.11. The Balaban J connectivity index is 2.15. The van der Waals surface area contributed by atoms with E-state index in [0.29, 0.717) is 18.4 Å². The standard InChI is InChI=1S/C11H17NO/c1-9-4-2-6-11(13)12-7-3-5-10(12)8-9/h4,10H,2-3,5-8H2,1H3/b9-4-. The van der Waals surface area contributed by atoms with E-state index in [1.165, 1.54) is 18.4 Å². The van der Waals surface area contributed by atoms with Gasteiger partial charge in [-0.3, -0.25) is 4.79 Å². The van der Waals surface area contributed by atoms with Crippen LogP contribution in [0.15, 0.2) is 11.6 Å². The van der Waals surface area contributed by atoms with Gasteiger partial charge in [-0.2, -0.15) is 0 Å². The SMILES string of the molecule is C/C1=C/CCC(=O)N2CCCC2C1. The van der Waals surface area contributed by atoms with Crippen LogP contribution < -0.4 is 0 Å². The minimum absolute atomic E-state index is 0.367. The van der Waals surface area contributed by atoms with E-state index in [2.05, 4.69) is 17.9 Å². The zero-order valence-corrected chi connectivity index (χ0v) is 8.25. The van der Waals surface area contributed by atoms with Gasteiger partial charge in [-0.05, 0) is 32.6 Å². The summed E-state index contributed by atoms with van der Waals surface area (Å²) in [6, 6.07) is 0.518. The summed E-state index contributed by atoms with van der Waals surface area (Å²) in [6.45, 7) is 3.18. The van der Waals surface area contributed by atoms with E-state index in [-0.39, 0.29) is 0 Å². The summed E-state index contributed by atoms with van der Waals surface area (Å²) in [4.78, 5) is 13.7. The number of carbonyl (C=O) groups excluding carboxylic acids is 1. The van der Waals surface area contributed by atoms with Gasteiger partial charge in [0.1, 0.15) is 0 Å². The molecule has 2 aliphatic heterocycles. The molecule has 2 heterocycles. The Morgan fingerprint density at radius 3 is 3.23 bits per heavy atom. The lowest BCUT2D eigenvalue weighted by Crippen LogP contribution is -2.36. The molecule has 2 aliphatic rings. The van der Waals surface area contributed by atoms with Crippen LogP contribution in [0.2, 0.25) is 0 Å². The number of hydrogen-bond acceptors (Lipinski definition) is 1. The van der Waals surface area contributed by atoms with Gasteiger partial charge in [-0.25, -0.2) is 0 Å². The van der Waals surface area contributed by atoms with Gasteiger partial charge in [0, 0.05) is 19.0 Å². The molecule has 0 radical (unpaired) electrons. The summed E-state index contributed by atoms with van der Waals surface area (Å²) in [5, 5.41) is 0. The number of nitrogens with zero attached hydrogens (tertiary/aromatic N) is 1. The molecule has 72 valence electrons. The van der Waals surface area contributed by atoms with Crippen LogP contribution in [0.5, 0.6) is 0 Å². The van der Waals surface area contributed by atoms with Gasteiger partial charge in [0.05, 0.1) is 0 Å². The molecule has 2 heteroatoms. The van der Waals surface area contributed by atoms with Crippen LogP contribution in [0.1, 0.15) is 39.0 Å². The van der Waals surface area contributed by atoms with Crippen molar-refractivity contribution in [2.75, 3.05) is 6.54 Å². The first-order valence-corrected chi connectivity index (χ1v) is 5.22. The zero-order chi connectivity index (χ0) is 9.26. The first-order valence-electron chi connectivity index (χ1n) is 5.22. The van der Waals surface area contributed by atoms with E-state index in [0.717, 1.165) is 19.4 Å². The molecule has 0 saturated carbocycles. The minimum atomic E-state index is 0.367. The number of amides is 1. The Morgan fingerprint density at radius 1 is 1.54 bits per heavy atom. The summed E-state index contributed by atoms with van der Waals surface area (Å²) in [5.41, 5.74) is 1.46. The molecule has 2 nitrogen and oxygen atoms in total. The smallest absolute Gasteiger partial charge is 0.223 e. The van der Waals surface area contributed by atoms with Crippen molar-refractivity contribution in [3.63, 3.8) is 0 Å². The fourth-order valence-electron chi connectivity index (χ4n) is 2.42. The Kier molecular flexibility index (Phi) is 2.38. The highest BCUT2D eigenvalue weighted by Gasteiger charge is 2.28. The van der Waals surface area contributed by atoms with Crippen LogP contribution in [-0.4, -0.2) is 23.4 Å². The van der Waals surface area contributed by atoms with Crippen LogP contribution >= 0.6 is 0 Å². The second-order valence-electron chi connectivity index (χ2n) is 4.18. The fourth-order valence-corrected chi connectivity index (χ4v) is 2.42. The Labute approximate surface area is 79.6 Å². The summed E-state index contributed by atoms with van der Waals surface area (Å²) in [6.07, 6.45) is 7.39. The Morgan fingerprint density at radius 2 is 2.38 bits per heavy atom. The molecule has 2 rings (SSSR count). The first-order chi connectivity index (χ1) is 6.27. The van der Waals surface area contributed by atoms with E-state index in [4.69, 9.17) is 0 Å². The monoisotopic (exact) mass is 179 g/mol. The van der Waals surface area contributed by atoms with Crippen molar-refractivity contribution in [3.8, 4) is 0 Å². The Hall–Kier alpha value is -0.790. The topological polar surface area (TPSA) is 20.3 Å². The third-order valence-electron chi connectivity index (χ3n) is 3.11. The number of carbonyl (C=O) groups is 1. The quantitative estimate of drug-likeness (QED) is 0.521. The second-order valence-corrected chi connectivity index (χ2v) is 4.18. The van der Waals surface area contributed by atoms with Crippen LogP contribution in [0.3, 0.4) is 0 Å². The molecule has 1 atom stereocenters. The van der Waals surface area contributed by atoms with Crippen molar-refractivity contribution in [1.82, 2.24) is 4.90 Å². The van der Waals surface area contributed by atoms with E-state index < -0.39 is 0 Å². The number of hydrogen-bond donors (Lipinski definition) is 0. The molecule has 1 unspecified atom stereocenters. The first kappa shape index (κ1) is 8.79. The molecule has 0 N–H and O–H groups in total. The van der Waals surface area contributed by atoms with Gasteiger partial charge in [0.2, 0.25) is 5.91 Å². The lowest BCUT2D eigenvalue weighted by Gasteiger charge is -2.26. The molecule has 0 aromatic rings. The maximum atomic E-state index is 11.7. The summed E-state index contributed by atoms with van der Waals surface area (Å²) >= 11 is 0. The maximum Gasteiger partial charge on any atom is 0.223 e. The van der Waals surface area contributed by atoms with Gasteiger partial charge >= 0.3 is 0 Å². The van der Waals surface area contributed by atoms with E-state index in [1.807, 2.05) is 0 Å². The van der Waals surface area contributed by atoms with E-state index in [1.54, 1.807) is 0 Å². The van der Waals surface area contributed by atoms with Gasteiger partial charge in [0.15, 0.2) is 0 Å². The molecular weight excluding hydrogens is 162 g/mol. The third kappa shape index (κ3) is 1.77. The predicted molar refractivity (Wildman–Crippen MR) is 52.3 cm³/mol. The average molecular weight is 179 g/mol. The minimum Gasteiger partial charge on any atom is -0.339 e. The molecule has 0 spiro atoms. The van der Waals surface area contributed by atoms with Gasteiger partial charge in [-0.15, -0.1) is 0 Å². The highest BCUT2D eigenvalue weighted by atomic mass is 16.2. The van der Waals surface area contributed by atoms with Crippen molar-refractivity contribution in [1.29, 1.82) is 0 Å². The van der Waals surface area contributed by atoms with Gasteiger partial charge in [-0.1, -0.05) is 11.6 Å². The van der Waals surface area contributed by atoms with Crippen molar-refractivity contribution >= 4 is 5.91 Å². The summed E-state index contributed by atoms with van der Waals surface area (Å²) in [7, 11) is 0. The van der Waals surface area contributed by atoms with Gasteiger partial charge in [0.25, 0.3) is 0 Å². The van der Waals surface area contributed by atoms with Crippen LogP contribution in [0, 0.1) is 0 Å². The van der Waals surface area contributed by atoms with Crippen LogP contribution in [0.25, 0.3) is 0 Å². The molecule has 0 bridgehead atoms. The van der Waals surface area contributed by atoms with Crippen LogP contribution in [0.4, 0.5) is 0 Å². The predicted octanol–water partition coefficient (Wildman–Crippen LogP) is 2.11. The molecule has 0 aliphatic carbocycles. The molecule has 1 fully saturated rings. The van der Waals surface area contributed by atoms with Crippen molar-refractivity contribution in [3.05, 3.63) is 11.6 Å². The maximum absolute atomic E-state index is 11.7. The number of allylic oxidation sites excluding steroid dienone is 1. The summed E-state index contributed by atoms with van der Waals surface area (Å²) < 4.78 is 0. The molecule has 0 aromatic carbocycles. The lowest BCUT2D eigenvalue weighted by molar-refractivity contribution is -0.132. The van der Waals surface area contributed by atoms with Crippen molar-refractivity contribution < 1.29 is 4.79 Å². The summed E-state index contributed by atoms with van der Waals surface area (Å²) in [5.74, 6) is 0.367. The highest BCUT2D eigenvalue weighted by molar-refractivity contribution is 5.77. The largest absolute Gasteiger partial charge is 0.339 e. The second kappa shape index (κ2) is 3.52. The number of fused-ring (bicyclic) bond motifs is 1.